The van der Waals surface area contributed by atoms with Gasteiger partial charge in [0.15, 0.2) is 5.75 Å². The molecule has 1 amide bonds. The summed E-state index contributed by atoms with van der Waals surface area (Å²) in [5.41, 5.74) is 3.50. The Labute approximate surface area is 170 Å². The minimum Gasteiger partial charge on any atom is -0.423 e. The van der Waals surface area contributed by atoms with Gasteiger partial charge in [-0.05, 0) is 62.7 Å². The second kappa shape index (κ2) is 8.52. The van der Waals surface area contributed by atoms with E-state index in [1.54, 1.807) is 23.1 Å². The predicted octanol–water partition coefficient (Wildman–Crippen LogP) is 3.86. The molecule has 1 aliphatic heterocycles. The van der Waals surface area contributed by atoms with E-state index in [-0.39, 0.29) is 19.0 Å². The summed E-state index contributed by atoms with van der Waals surface area (Å²) >= 11 is 6.06. The normalized spacial score (nSPS) is 13.0. The van der Waals surface area contributed by atoms with E-state index in [2.05, 4.69) is 30.1 Å². The summed E-state index contributed by atoms with van der Waals surface area (Å²) in [6.07, 6.45) is 0. The molecule has 1 aliphatic rings. The van der Waals surface area contributed by atoms with Crippen molar-refractivity contribution in [1.82, 2.24) is 0 Å². The van der Waals surface area contributed by atoms with Gasteiger partial charge in [-0.15, -0.1) is 0 Å². The van der Waals surface area contributed by atoms with Gasteiger partial charge in [-0.25, -0.2) is 4.79 Å². The number of aryl methyl sites for hydroxylation is 1. The summed E-state index contributed by atoms with van der Waals surface area (Å²) in [6.45, 7) is 8.07. The molecular weight excluding hydrogens is 378 g/mol. The minimum absolute atomic E-state index is 0.000637. The Balaban J connectivity index is 1.73. The Hall–Kier alpha value is -2.73. The average Bonchev–Trinajstić information content (AvgIpc) is 2.65. The van der Waals surface area contributed by atoms with Gasteiger partial charge in [-0.2, -0.15) is 0 Å². The van der Waals surface area contributed by atoms with Crippen LogP contribution in [0.25, 0.3) is 0 Å². The van der Waals surface area contributed by atoms with Gasteiger partial charge in [0.05, 0.1) is 12.2 Å². The van der Waals surface area contributed by atoms with Crippen molar-refractivity contribution < 1.29 is 14.3 Å². The number of benzene rings is 2. The summed E-state index contributed by atoms with van der Waals surface area (Å²) in [5.74, 6) is -0.199. The fraction of sp³-hybridized carbons (Fsp3) is 0.333. The smallest absolute Gasteiger partial charge is 0.331 e. The summed E-state index contributed by atoms with van der Waals surface area (Å²) < 4.78 is 5.22. The van der Waals surface area contributed by atoms with Gasteiger partial charge in [-0.1, -0.05) is 11.6 Å². The number of fused-ring (bicyclic) bond motifs is 1. The minimum atomic E-state index is -0.401. The van der Waals surface area contributed by atoms with Crippen LogP contribution in [0, 0.1) is 6.92 Å². The number of ether oxygens (including phenoxy) is 1. The number of hydrogen-bond acceptors (Lipinski definition) is 5. The molecular formula is C21H24ClN3O3. The third-order valence-electron chi connectivity index (χ3n) is 4.75. The molecule has 0 spiro atoms. The molecule has 7 heteroatoms. The monoisotopic (exact) mass is 401 g/mol. The number of amides is 1. The standard InChI is InChI=1S/C21H24ClN3O3/c1-4-24(5-2)16-7-8-17(14(3)10-16)23-20(26)12-25-13-21(27)28-19-9-6-15(22)11-18(19)25/h6-11H,4-5,12-13H2,1-3H3,(H,23,26). The maximum absolute atomic E-state index is 12.6. The quantitative estimate of drug-likeness (QED) is 0.588. The maximum Gasteiger partial charge on any atom is 0.331 e. The van der Waals surface area contributed by atoms with Gasteiger partial charge in [0, 0.05) is 29.5 Å². The Morgan fingerprint density at radius 1 is 1.21 bits per heavy atom. The lowest BCUT2D eigenvalue weighted by molar-refractivity contribution is -0.133. The van der Waals surface area contributed by atoms with E-state index in [0.717, 1.165) is 30.0 Å². The lowest BCUT2D eigenvalue weighted by atomic mass is 10.1. The van der Waals surface area contributed by atoms with Crippen LogP contribution in [0.1, 0.15) is 19.4 Å². The van der Waals surface area contributed by atoms with Crippen LogP contribution in [0.3, 0.4) is 0 Å². The van der Waals surface area contributed by atoms with Crippen molar-refractivity contribution in [2.45, 2.75) is 20.8 Å². The van der Waals surface area contributed by atoms with Gasteiger partial charge in [0.2, 0.25) is 5.91 Å². The molecule has 0 aliphatic carbocycles. The van der Waals surface area contributed by atoms with Gasteiger partial charge in [-0.3, -0.25) is 4.79 Å². The molecule has 2 aromatic rings. The summed E-state index contributed by atoms with van der Waals surface area (Å²) in [6, 6.07) is 11.0. The number of carbonyl (C=O) groups excluding carboxylic acids is 2. The van der Waals surface area contributed by atoms with Gasteiger partial charge >= 0.3 is 5.97 Å². The largest absolute Gasteiger partial charge is 0.423 e. The number of anilines is 3. The molecule has 148 valence electrons. The molecule has 1 heterocycles. The highest BCUT2D eigenvalue weighted by atomic mass is 35.5. The zero-order valence-corrected chi connectivity index (χ0v) is 17.0. The molecule has 28 heavy (non-hydrogen) atoms. The Kier molecular flexibility index (Phi) is 6.09. The first-order valence-electron chi connectivity index (χ1n) is 9.31. The number of esters is 1. The van der Waals surface area contributed by atoms with E-state index in [1.165, 1.54) is 0 Å². The molecule has 0 atom stereocenters. The van der Waals surface area contributed by atoms with Crippen molar-refractivity contribution in [3.63, 3.8) is 0 Å². The number of rotatable bonds is 6. The Morgan fingerprint density at radius 2 is 1.96 bits per heavy atom. The van der Waals surface area contributed by atoms with Crippen LogP contribution >= 0.6 is 11.6 Å². The molecule has 0 saturated carbocycles. The van der Waals surface area contributed by atoms with Crippen molar-refractivity contribution in [2.24, 2.45) is 0 Å². The molecule has 6 nitrogen and oxygen atoms in total. The number of nitrogens with one attached hydrogen (secondary N) is 1. The highest BCUT2D eigenvalue weighted by Crippen LogP contribution is 2.34. The average molecular weight is 402 g/mol. The zero-order chi connectivity index (χ0) is 20.3. The number of nitrogens with zero attached hydrogens (tertiary/aromatic N) is 2. The van der Waals surface area contributed by atoms with Gasteiger partial charge in [0.25, 0.3) is 0 Å². The number of hydrogen-bond donors (Lipinski definition) is 1. The molecule has 0 bridgehead atoms. The highest BCUT2D eigenvalue weighted by Gasteiger charge is 2.26. The van der Waals surface area contributed by atoms with E-state index in [1.807, 2.05) is 19.1 Å². The molecule has 0 unspecified atom stereocenters. The topological polar surface area (TPSA) is 61.9 Å². The number of carbonyl (C=O) groups is 2. The van der Waals surface area contributed by atoms with Crippen LogP contribution in [0.2, 0.25) is 5.02 Å². The lowest BCUT2D eigenvalue weighted by Gasteiger charge is -2.29. The molecule has 3 rings (SSSR count). The molecule has 0 aromatic heterocycles. The Bertz CT molecular complexity index is 896. The van der Waals surface area contributed by atoms with E-state index in [0.29, 0.717) is 16.5 Å². The first-order chi connectivity index (χ1) is 13.4. The van der Waals surface area contributed by atoms with E-state index < -0.39 is 5.97 Å². The van der Waals surface area contributed by atoms with Gasteiger partial charge in [0.1, 0.15) is 6.54 Å². The molecule has 1 N–H and O–H groups in total. The predicted molar refractivity (Wildman–Crippen MR) is 113 cm³/mol. The zero-order valence-electron chi connectivity index (χ0n) is 16.3. The van der Waals surface area contributed by atoms with Crippen molar-refractivity contribution >= 4 is 40.5 Å². The van der Waals surface area contributed by atoms with E-state index in [4.69, 9.17) is 16.3 Å². The van der Waals surface area contributed by atoms with E-state index >= 15 is 0 Å². The van der Waals surface area contributed by atoms with Crippen molar-refractivity contribution in [2.75, 3.05) is 41.3 Å². The highest BCUT2D eigenvalue weighted by molar-refractivity contribution is 6.31. The van der Waals surface area contributed by atoms with Crippen molar-refractivity contribution in [1.29, 1.82) is 0 Å². The van der Waals surface area contributed by atoms with E-state index in [9.17, 15) is 9.59 Å². The molecule has 0 fully saturated rings. The first kappa shape index (κ1) is 20.0. The van der Waals surface area contributed by atoms with Crippen LogP contribution in [-0.2, 0) is 9.59 Å². The van der Waals surface area contributed by atoms with Crippen molar-refractivity contribution in [3.05, 3.63) is 47.0 Å². The SMILES string of the molecule is CCN(CC)c1ccc(NC(=O)CN2CC(=O)Oc3ccc(Cl)cc32)c(C)c1. The fourth-order valence-electron chi connectivity index (χ4n) is 3.30. The summed E-state index contributed by atoms with van der Waals surface area (Å²) in [5, 5.41) is 3.45. The third-order valence-corrected chi connectivity index (χ3v) is 4.99. The second-order valence-electron chi connectivity index (χ2n) is 6.66. The van der Waals surface area contributed by atoms with Gasteiger partial charge < -0.3 is 19.9 Å². The molecule has 2 aromatic carbocycles. The van der Waals surface area contributed by atoms with Crippen LogP contribution in [0.5, 0.6) is 5.75 Å². The van der Waals surface area contributed by atoms with Crippen LogP contribution < -0.4 is 19.9 Å². The number of halogens is 1. The van der Waals surface area contributed by atoms with Crippen LogP contribution in [-0.4, -0.2) is 38.1 Å². The maximum atomic E-state index is 12.6. The fourth-order valence-corrected chi connectivity index (χ4v) is 3.46. The third kappa shape index (κ3) is 4.39. The van der Waals surface area contributed by atoms with Crippen molar-refractivity contribution in [3.8, 4) is 5.75 Å². The van der Waals surface area contributed by atoms with Crippen LogP contribution in [0.15, 0.2) is 36.4 Å². The molecule has 0 radical (unpaired) electrons. The van der Waals surface area contributed by atoms with Crippen LogP contribution in [0.4, 0.5) is 17.1 Å². The lowest BCUT2D eigenvalue weighted by Crippen LogP contribution is -2.41. The second-order valence-corrected chi connectivity index (χ2v) is 7.10. The molecule has 0 saturated heterocycles. The summed E-state index contributed by atoms with van der Waals surface area (Å²) in [7, 11) is 0. The summed E-state index contributed by atoms with van der Waals surface area (Å²) in [4.78, 5) is 28.4. The first-order valence-corrected chi connectivity index (χ1v) is 9.69. The Morgan fingerprint density at radius 3 is 2.64 bits per heavy atom.